The van der Waals surface area contributed by atoms with E-state index in [2.05, 4.69) is 10.1 Å². The molecule has 2 heterocycles. The number of rotatable bonds is 4. The van der Waals surface area contributed by atoms with Gasteiger partial charge in [-0.15, -0.1) is 13.2 Å². The molecule has 142 valence electrons. The van der Waals surface area contributed by atoms with Crippen LogP contribution in [0.5, 0.6) is 5.75 Å². The van der Waals surface area contributed by atoms with E-state index in [-0.39, 0.29) is 17.7 Å². The van der Waals surface area contributed by atoms with Crippen LogP contribution < -0.4 is 15.0 Å². The van der Waals surface area contributed by atoms with E-state index in [1.54, 1.807) is 0 Å². The van der Waals surface area contributed by atoms with Crippen LogP contribution in [0.3, 0.4) is 0 Å². The molecule has 0 spiro atoms. The van der Waals surface area contributed by atoms with Crippen LogP contribution in [0.2, 0.25) is 0 Å². The first kappa shape index (κ1) is 18.5. The van der Waals surface area contributed by atoms with E-state index in [1.165, 1.54) is 23.1 Å². The molecule has 2 amide bonds. The van der Waals surface area contributed by atoms with E-state index in [1.807, 2.05) is 0 Å². The van der Waals surface area contributed by atoms with Gasteiger partial charge in [-0.2, -0.15) is 0 Å². The van der Waals surface area contributed by atoms with Crippen molar-refractivity contribution in [2.24, 2.45) is 5.92 Å². The van der Waals surface area contributed by atoms with Crippen LogP contribution in [0.25, 0.3) is 0 Å². The van der Waals surface area contributed by atoms with Gasteiger partial charge < -0.3 is 19.7 Å². The highest BCUT2D eigenvalue weighted by Gasteiger charge is 2.36. The maximum Gasteiger partial charge on any atom is 0.573 e. The number of carbonyl (C=O) groups is 2. The molecule has 1 atom stereocenters. The fraction of sp³-hybridized carbons (Fsp3) is 0.529. The van der Waals surface area contributed by atoms with E-state index in [9.17, 15) is 22.8 Å². The van der Waals surface area contributed by atoms with Gasteiger partial charge in [0.2, 0.25) is 11.8 Å². The molecule has 0 aliphatic carbocycles. The van der Waals surface area contributed by atoms with Gasteiger partial charge in [0.1, 0.15) is 11.8 Å². The average Bonchev–Trinajstić information content (AvgIpc) is 2.95. The summed E-state index contributed by atoms with van der Waals surface area (Å²) in [5, 5.41) is 2.75. The Labute approximate surface area is 148 Å². The zero-order chi connectivity index (χ0) is 18.7. The Morgan fingerprint density at radius 3 is 2.65 bits per heavy atom. The van der Waals surface area contributed by atoms with Crippen molar-refractivity contribution in [1.29, 1.82) is 0 Å². The quantitative estimate of drug-likeness (QED) is 0.880. The SMILES string of the molecule is O=C(NC1CCN(c2cccc(OC(F)(F)F)c2)C1=O)C1CCOCC1. The fourth-order valence-electron chi connectivity index (χ4n) is 3.17. The Morgan fingerprint density at radius 1 is 1.23 bits per heavy atom. The van der Waals surface area contributed by atoms with Crippen molar-refractivity contribution in [2.75, 3.05) is 24.7 Å². The molecule has 0 aromatic heterocycles. The molecule has 0 bridgehead atoms. The minimum absolute atomic E-state index is 0.172. The lowest BCUT2D eigenvalue weighted by Crippen LogP contribution is -2.45. The van der Waals surface area contributed by atoms with Crippen LogP contribution in [0.1, 0.15) is 19.3 Å². The maximum atomic E-state index is 12.5. The zero-order valence-corrected chi connectivity index (χ0v) is 13.9. The number of carbonyl (C=O) groups excluding carboxylic acids is 2. The van der Waals surface area contributed by atoms with Crippen LogP contribution >= 0.6 is 0 Å². The zero-order valence-electron chi connectivity index (χ0n) is 13.9. The summed E-state index contributed by atoms with van der Waals surface area (Å²) in [5.74, 6) is -1.08. The first-order valence-corrected chi connectivity index (χ1v) is 8.39. The van der Waals surface area contributed by atoms with E-state index in [0.29, 0.717) is 44.7 Å². The third kappa shape index (κ3) is 4.46. The first-order chi connectivity index (χ1) is 12.3. The van der Waals surface area contributed by atoms with Crippen molar-refractivity contribution in [3.63, 3.8) is 0 Å². The number of alkyl halides is 3. The molecular formula is C17H19F3N2O4. The fourth-order valence-corrected chi connectivity index (χ4v) is 3.17. The molecule has 2 aliphatic heterocycles. The largest absolute Gasteiger partial charge is 0.573 e. The van der Waals surface area contributed by atoms with Crippen LogP contribution in [0.4, 0.5) is 18.9 Å². The molecule has 0 saturated carbocycles. The Kier molecular flexibility index (Phi) is 5.36. The summed E-state index contributed by atoms with van der Waals surface area (Å²) >= 11 is 0. The van der Waals surface area contributed by atoms with Gasteiger partial charge >= 0.3 is 6.36 Å². The molecule has 1 N–H and O–H groups in total. The van der Waals surface area contributed by atoms with Gasteiger partial charge in [0.05, 0.1) is 0 Å². The van der Waals surface area contributed by atoms with Crippen LogP contribution in [-0.2, 0) is 14.3 Å². The standard InChI is InChI=1S/C17H19F3N2O4/c18-17(19,20)26-13-3-1-2-12(10-13)22-7-4-14(16(22)24)21-15(23)11-5-8-25-9-6-11/h1-3,10-11,14H,4-9H2,(H,21,23). The van der Waals surface area contributed by atoms with Crippen molar-refractivity contribution >= 4 is 17.5 Å². The molecule has 26 heavy (non-hydrogen) atoms. The molecule has 1 aromatic carbocycles. The first-order valence-electron chi connectivity index (χ1n) is 8.39. The summed E-state index contributed by atoms with van der Waals surface area (Å²) in [6, 6.07) is 4.58. The summed E-state index contributed by atoms with van der Waals surface area (Å²) < 4.78 is 46.2. The second kappa shape index (κ2) is 7.53. The van der Waals surface area contributed by atoms with Gasteiger partial charge in [-0.1, -0.05) is 6.07 Å². The number of hydrogen-bond donors (Lipinski definition) is 1. The summed E-state index contributed by atoms with van der Waals surface area (Å²) in [4.78, 5) is 26.2. The van der Waals surface area contributed by atoms with Crippen molar-refractivity contribution in [1.82, 2.24) is 5.32 Å². The topological polar surface area (TPSA) is 67.9 Å². The smallest absolute Gasteiger partial charge is 0.406 e. The van der Waals surface area contributed by atoms with Gasteiger partial charge in [-0.05, 0) is 31.4 Å². The summed E-state index contributed by atoms with van der Waals surface area (Å²) in [6.45, 7) is 1.36. The molecule has 1 aromatic rings. The van der Waals surface area contributed by atoms with Crippen LogP contribution in [0, 0.1) is 5.92 Å². The molecular weight excluding hydrogens is 353 g/mol. The van der Waals surface area contributed by atoms with Crippen molar-refractivity contribution in [2.45, 2.75) is 31.7 Å². The van der Waals surface area contributed by atoms with Crippen LogP contribution in [-0.4, -0.2) is 44.0 Å². The van der Waals surface area contributed by atoms with Crippen molar-refractivity contribution < 1.29 is 32.2 Å². The third-order valence-corrected chi connectivity index (χ3v) is 4.48. The highest BCUT2D eigenvalue weighted by atomic mass is 19.4. The van der Waals surface area contributed by atoms with Gasteiger partial charge in [0.25, 0.3) is 0 Å². The van der Waals surface area contributed by atoms with E-state index in [0.717, 1.165) is 6.07 Å². The number of halogens is 3. The molecule has 0 radical (unpaired) electrons. The van der Waals surface area contributed by atoms with Gasteiger partial charge in [-0.3, -0.25) is 9.59 Å². The normalized spacial score (nSPS) is 21.7. The average molecular weight is 372 g/mol. The van der Waals surface area contributed by atoms with Gasteiger partial charge in [0, 0.05) is 37.4 Å². The Bertz CT molecular complexity index is 674. The molecule has 6 nitrogen and oxygen atoms in total. The summed E-state index contributed by atoms with van der Waals surface area (Å²) in [5.41, 5.74) is 0.305. The van der Waals surface area contributed by atoms with Crippen LogP contribution in [0.15, 0.2) is 24.3 Å². The number of hydrogen-bond acceptors (Lipinski definition) is 4. The minimum Gasteiger partial charge on any atom is -0.406 e. The van der Waals surface area contributed by atoms with Gasteiger partial charge in [0.15, 0.2) is 0 Å². The number of ether oxygens (including phenoxy) is 2. The highest BCUT2D eigenvalue weighted by Crippen LogP contribution is 2.29. The van der Waals surface area contributed by atoms with Crippen molar-refractivity contribution in [3.8, 4) is 5.75 Å². The lowest BCUT2D eigenvalue weighted by Gasteiger charge is -2.23. The highest BCUT2D eigenvalue weighted by molar-refractivity contribution is 6.01. The molecule has 3 rings (SSSR count). The molecule has 2 saturated heterocycles. The Morgan fingerprint density at radius 2 is 1.96 bits per heavy atom. The third-order valence-electron chi connectivity index (χ3n) is 4.48. The van der Waals surface area contributed by atoms with Crippen molar-refractivity contribution in [3.05, 3.63) is 24.3 Å². The monoisotopic (exact) mass is 372 g/mol. The minimum atomic E-state index is -4.80. The Hall–Kier alpha value is -2.29. The van der Waals surface area contributed by atoms with E-state index in [4.69, 9.17) is 4.74 Å². The lowest BCUT2D eigenvalue weighted by molar-refractivity contribution is -0.274. The van der Waals surface area contributed by atoms with E-state index < -0.39 is 18.2 Å². The predicted molar refractivity (Wildman–Crippen MR) is 85.6 cm³/mol. The van der Waals surface area contributed by atoms with Gasteiger partial charge in [-0.25, -0.2) is 0 Å². The summed E-state index contributed by atoms with van der Waals surface area (Å²) in [6.07, 6.45) is -3.16. The molecule has 2 fully saturated rings. The number of anilines is 1. The second-order valence-corrected chi connectivity index (χ2v) is 6.27. The lowest BCUT2D eigenvalue weighted by atomic mass is 9.99. The number of amides is 2. The van der Waals surface area contributed by atoms with E-state index >= 15 is 0 Å². The summed E-state index contributed by atoms with van der Waals surface area (Å²) in [7, 11) is 0. The molecule has 2 aliphatic rings. The predicted octanol–water partition coefficient (Wildman–Crippen LogP) is 2.23. The Balaban J connectivity index is 1.63. The maximum absolute atomic E-state index is 12.5. The second-order valence-electron chi connectivity index (χ2n) is 6.27. The molecule has 9 heteroatoms. The number of benzene rings is 1. The molecule has 1 unspecified atom stereocenters. The number of nitrogens with zero attached hydrogens (tertiary/aromatic N) is 1. The number of nitrogens with one attached hydrogen (secondary N) is 1.